The second-order valence-corrected chi connectivity index (χ2v) is 6.44. The average molecular weight is 377 g/mol. The molecule has 0 aromatic heterocycles. The van der Waals surface area contributed by atoms with E-state index in [0.717, 1.165) is 31.0 Å². The molecule has 1 aromatic rings. The molecule has 0 atom stereocenters. The van der Waals surface area contributed by atoms with E-state index in [-0.39, 0.29) is 29.0 Å². The number of hydrogen-bond acceptors (Lipinski definition) is 2. The molecule has 0 aliphatic heterocycles. The molecule has 138 valence electrons. The molecule has 0 spiro atoms. The zero-order chi connectivity index (χ0) is 18.4. The third-order valence-electron chi connectivity index (χ3n) is 4.38. The maximum absolute atomic E-state index is 13.8. The van der Waals surface area contributed by atoms with Gasteiger partial charge >= 0.3 is 0 Å². The first-order valence-corrected chi connectivity index (χ1v) is 8.65. The molecule has 4 nitrogen and oxygen atoms in total. The van der Waals surface area contributed by atoms with Crippen molar-refractivity contribution < 1.29 is 22.8 Å². The van der Waals surface area contributed by atoms with Gasteiger partial charge in [0.15, 0.2) is 0 Å². The summed E-state index contributed by atoms with van der Waals surface area (Å²) >= 11 is 5.41. The van der Waals surface area contributed by atoms with Gasteiger partial charge in [-0.05, 0) is 43.7 Å². The van der Waals surface area contributed by atoms with E-state index < -0.39 is 18.1 Å². The minimum atomic E-state index is -2.76. The maximum Gasteiger partial charge on any atom is 0.263 e. The van der Waals surface area contributed by atoms with E-state index >= 15 is 0 Å². The van der Waals surface area contributed by atoms with Crippen molar-refractivity contribution in [3.63, 3.8) is 0 Å². The second-order valence-electron chi connectivity index (χ2n) is 6.17. The Kier molecular flexibility index (Phi) is 7.11. The topological polar surface area (TPSA) is 58.2 Å². The minimum Gasteiger partial charge on any atom is -0.355 e. The number of rotatable bonds is 6. The number of halogens is 4. The number of alkyl halides is 3. The maximum atomic E-state index is 13.8. The Hall–Kier alpha value is -1.76. The number of carbonyl (C=O) groups excluding carboxylic acids is 2. The lowest BCUT2D eigenvalue weighted by Crippen LogP contribution is -2.40. The molecule has 2 N–H and O–H groups in total. The Morgan fingerprint density at radius 2 is 1.88 bits per heavy atom. The molecular weight excluding hydrogens is 357 g/mol. The quantitative estimate of drug-likeness (QED) is 0.747. The summed E-state index contributed by atoms with van der Waals surface area (Å²) in [5, 5.41) is 5.44. The van der Waals surface area contributed by atoms with Crippen molar-refractivity contribution in [2.45, 2.75) is 38.2 Å². The van der Waals surface area contributed by atoms with E-state index in [2.05, 4.69) is 10.6 Å². The zero-order valence-corrected chi connectivity index (χ0v) is 14.3. The number of benzene rings is 1. The van der Waals surface area contributed by atoms with Crippen LogP contribution in [-0.2, 0) is 4.79 Å². The highest BCUT2D eigenvalue weighted by Crippen LogP contribution is 2.25. The molecule has 2 rings (SSSR count). The fourth-order valence-electron chi connectivity index (χ4n) is 2.93. The lowest BCUT2D eigenvalue weighted by Gasteiger charge is -2.29. The zero-order valence-electron chi connectivity index (χ0n) is 13.5. The Labute approximate surface area is 149 Å². The van der Waals surface area contributed by atoms with Crippen molar-refractivity contribution in [2.75, 3.05) is 12.4 Å². The van der Waals surface area contributed by atoms with Gasteiger partial charge in [-0.15, -0.1) is 11.6 Å². The first kappa shape index (κ1) is 19.6. The van der Waals surface area contributed by atoms with Gasteiger partial charge in [-0.2, -0.15) is 0 Å². The average Bonchev–Trinajstić information content (AvgIpc) is 2.60. The first-order valence-electron chi connectivity index (χ1n) is 8.11. The molecule has 2 amide bonds. The highest BCUT2D eigenvalue weighted by atomic mass is 35.5. The SMILES string of the molecule is O=C(CCl)NCC1CCC(NC(=O)c2cc(C(F)F)ccc2F)CC1. The molecule has 0 heterocycles. The van der Waals surface area contributed by atoms with Gasteiger partial charge < -0.3 is 10.6 Å². The lowest BCUT2D eigenvalue weighted by molar-refractivity contribution is -0.118. The fourth-order valence-corrected chi connectivity index (χ4v) is 3.03. The summed E-state index contributed by atoms with van der Waals surface area (Å²) in [6, 6.07) is 2.61. The van der Waals surface area contributed by atoms with E-state index in [4.69, 9.17) is 11.6 Å². The number of amides is 2. The van der Waals surface area contributed by atoms with Crippen LogP contribution in [0.25, 0.3) is 0 Å². The van der Waals surface area contributed by atoms with E-state index in [1.54, 1.807) is 0 Å². The van der Waals surface area contributed by atoms with E-state index in [9.17, 15) is 22.8 Å². The van der Waals surface area contributed by atoms with Crippen molar-refractivity contribution in [1.29, 1.82) is 0 Å². The van der Waals surface area contributed by atoms with E-state index in [0.29, 0.717) is 25.3 Å². The molecule has 0 radical (unpaired) electrons. The standard InChI is InChI=1S/C17H20ClF3N2O2/c18-8-15(24)22-9-10-1-4-12(5-2-10)23-17(25)13-7-11(16(20)21)3-6-14(13)19/h3,6-7,10,12,16H,1-2,4-5,8-9H2,(H,22,24)(H,23,25). The van der Waals surface area contributed by atoms with Crippen LogP contribution in [0.2, 0.25) is 0 Å². The Morgan fingerprint density at radius 3 is 2.48 bits per heavy atom. The van der Waals surface area contributed by atoms with Crippen molar-refractivity contribution in [3.05, 3.63) is 35.1 Å². The van der Waals surface area contributed by atoms with Gasteiger partial charge in [-0.3, -0.25) is 9.59 Å². The van der Waals surface area contributed by atoms with Crippen LogP contribution >= 0.6 is 11.6 Å². The molecular formula is C17H20ClF3N2O2. The summed E-state index contributed by atoms with van der Waals surface area (Å²) in [4.78, 5) is 23.3. The van der Waals surface area contributed by atoms with E-state index in [1.807, 2.05) is 0 Å². The predicted molar refractivity (Wildman–Crippen MR) is 88.3 cm³/mol. The van der Waals surface area contributed by atoms with Crippen LogP contribution in [0.4, 0.5) is 13.2 Å². The van der Waals surface area contributed by atoms with Gasteiger partial charge in [-0.25, -0.2) is 13.2 Å². The van der Waals surface area contributed by atoms with Crippen LogP contribution in [0.5, 0.6) is 0 Å². The molecule has 1 aromatic carbocycles. The number of carbonyl (C=O) groups is 2. The molecule has 1 aliphatic carbocycles. The largest absolute Gasteiger partial charge is 0.355 e. The molecule has 0 unspecified atom stereocenters. The molecule has 25 heavy (non-hydrogen) atoms. The van der Waals surface area contributed by atoms with Crippen molar-refractivity contribution in [3.8, 4) is 0 Å². The van der Waals surface area contributed by atoms with Crippen LogP contribution in [0.3, 0.4) is 0 Å². The summed E-state index contributed by atoms with van der Waals surface area (Å²) < 4.78 is 39.2. The van der Waals surface area contributed by atoms with Gasteiger partial charge in [-0.1, -0.05) is 6.07 Å². The van der Waals surface area contributed by atoms with Crippen molar-refractivity contribution in [2.24, 2.45) is 5.92 Å². The highest BCUT2D eigenvalue weighted by Gasteiger charge is 2.24. The van der Waals surface area contributed by atoms with Crippen molar-refractivity contribution in [1.82, 2.24) is 10.6 Å². The molecule has 1 fully saturated rings. The van der Waals surface area contributed by atoms with Crippen LogP contribution in [-0.4, -0.2) is 30.3 Å². The van der Waals surface area contributed by atoms with Crippen LogP contribution in [0, 0.1) is 11.7 Å². The Morgan fingerprint density at radius 1 is 1.20 bits per heavy atom. The summed E-state index contributed by atoms with van der Waals surface area (Å²) in [7, 11) is 0. The predicted octanol–water partition coefficient (Wildman–Crippen LogP) is 3.41. The van der Waals surface area contributed by atoms with Gasteiger partial charge in [0.05, 0.1) is 5.56 Å². The number of hydrogen-bond donors (Lipinski definition) is 2. The van der Waals surface area contributed by atoms with Gasteiger partial charge in [0.2, 0.25) is 5.91 Å². The van der Waals surface area contributed by atoms with E-state index in [1.165, 1.54) is 0 Å². The number of nitrogens with one attached hydrogen (secondary N) is 2. The Balaban J connectivity index is 1.86. The van der Waals surface area contributed by atoms with Crippen LogP contribution in [0.1, 0.15) is 48.0 Å². The van der Waals surface area contributed by atoms with Crippen LogP contribution in [0.15, 0.2) is 18.2 Å². The van der Waals surface area contributed by atoms with Gasteiger partial charge in [0, 0.05) is 18.2 Å². The van der Waals surface area contributed by atoms with Crippen molar-refractivity contribution >= 4 is 23.4 Å². The monoisotopic (exact) mass is 376 g/mol. The first-order chi connectivity index (χ1) is 11.9. The summed E-state index contributed by atoms with van der Waals surface area (Å²) in [6.07, 6.45) is 0.207. The van der Waals surface area contributed by atoms with Crippen LogP contribution < -0.4 is 10.6 Å². The third kappa shape index (κ3) is 5.63. The van der Waals surface area contributed by atoms with Gasteiger partial charge in [0.25, 0.3) is 12.3 Å². The second kappa shape index (κ2) is 9.08. The Bertz CT molecular complexity index is 620. The molecule has 0 saturated heterocycles. The lowest BCUT2D eigenvalue weighted by atomic mass is 9.86. The summed E-state index contributed by atoms with van der Waals surface area (Å²) in [6.45, 7) is 0.539. The molecule has 8 heteroatoms. The fraction of sp³-hybridized carbons (Fsp3) is 0.529. The summed E-state index contributed by atoms with van der Waals surface area (Å²) in [5.41, 5.74) is -0.750. The normalized spacial score (nSPS) is 20.4. The molecule has 1 saturated carbocycles. The third-order valence-corrected chi connectivity index (χ3v) is 4.62. The molecule has 0 bridgehead atoms. The van der Waals surface area contributed by atoms with Gasteiger partial charge in [0.1, 0.15) is 11.7 Å². The molecule has 1 aliphatic rings. The minimum absolute atomic E-state index is 0.0748. The smallest absolute Gasteiger partial charge is 0.263 e. The highest BCUT2D eigenvalue weighted by molar-refractivity contribution is 6.27. The summed E-state index contributed by atoms with van der Waals surface area (Å²) in [5.74, 6) is -1.49.